The molecule has 2 saturated carbocycles. The molecule has 3 unspecified atom stereocenters. The van der Waals surface area contributed by atoms with Crippen LogP contribution in [0.5, 0.6) is 0 Å². The van der Waals surface area contributed by atoms with E-state index in [1.807, 2.05) is 0 Å². The van der Waals surface area contributed by atoms with Crippen LogP contribution in [0, 0.1) is 17.8 Å². The van der Waals surface area contributed by atoms with Crippen molar-refractivity contribution in [3.8, 4) is 0 Å². The zero-order valence-electron chi connectivity index (χ0n) is 10.6. The highest BCUT2D eigenvalue weighted by Gasteiger charge is 2.27. The summed E-state index contributed by atoms with van der Waals surface area (Å²) in [4.78, 5) is 0. The Kier molecular flexibility index (Phi) is 4.66. The second kappa shape index (κ2) is 6.02. The van der Waals surface area contributed by atoms with Gasteiger partial charge in [0.1, 0.15) is 0 Å². The molecule has 2 nitrogen and oxygen atoms in total. The van der Waals surface area contributed by atoms with Crippen LogP contribution in [0.4, 0.5) is 0 Å². The highest BCUT2D eigenvalue weighted by Crippen LogP contribution is 2.32. The summed E-state index contributed by atoms with van der Waals surface area (Å²) in [6.07, 6.45) is 9.58. The van der Waals surface area contributed by atoms with Crippen molar-refractivity contribution in [2.24, 2.45) is 17.8 Å². The lowest BCUT2D eigenvalue weighted by Gasteiger charge is -2.29. The van der Waals surface area contributed by atoms with Crippen LogP contribution in [0.15, 0.2) is 0 Å². The number of rotatable bonds is 6. The average molecular weight is 225 g/mol. The lowest BCUT2D eigenvalue weighted by molar-refractivity contribution is 0.187. The van der Waals surface area contributed by atoms with Gasteiger partial charge in [-0.15, -0.1) is 0 Å². The fourth-order valence-electron chi connectivity index (χ4n) is 3.29. The van der Waals surface area contributed by atoms with Crippen LogP contribution < -0.4 is 5.32 Å². The van der Waals surface area contributed by atoms with E-state index < -0.39 is 0 Å². The number of aliphatic hydroxyl groups is 1. The van der Waals surface area contributed by atoms with Crippen molar-refractivity contribution in [2.75, 3.05) is 13.2 Å². The monoisotopic (exact) mass is 225 g/mol. The third-order valence-electron chi connectivity index (χ3n) is 4.69. The molecular formula is C14H27NO. The molecule has 0 saturated heterocycles. The molecule has 0 spiro atoms. The number of nitrogens with one attached hydrogen (secondary N) is 1. The molecule has 2 N–H and O–H groups in total. The summed E-state index contributed by atoms with van der Waals surface area (Å²) in [5, 5.41) is 12.9. The lowest BCUT2D eigenvalue weighted by Crippen LogP contribution is -2.35. The lowest BCUT2D eigenvalue weighted by atomic mass is 9.81. The van der Waals surface area contributed by atoms with E-state index in [9.17, 15) is 5.11 Å². The minimum absolute atomic E-state index is 0.392. The van der Waals surface area contributed by atoms with E-state index in [4.69, 9.17) is 0 Å². The van der Waals surface area contributed by atoms with E-state index >= 15 is 0 Å². The molecule has 16 heavy (non-hydrogen) atoms. The third-order valence-corrected chi connectivity index (χ3v) is 4.69. The van der Waals surface area contributed by atoms with E-state index in [1.54, 1.807) is 0 Å². The summed E-state index contributed by atoms with van der Waals surface area (Å²) in [5.74, 6) is 2.30. The van der Waals surface area contributed by atoms with E-state index in [2.05, 4.69) is 12.2 Å². The second-order valence-corrected chi connectivity index (χ2v) is 5.98. The van der Waals surface area contributed by atoms with Crippen molar-refractivity contribution < 1.29 is 5.11 Å². The van der Waals surface area contributed by atoms with Gasteiger partial charge in [0.15, 0.2) is 0 Å². The maximum absolute atomic E-state index is 9.27. The van der Waals surface area contributed by atoms with Crippen molar-refractivity contribution in [1.82, 2.24) is 5.32 Å². The summed E-state index contributed by atoms with van der Waals surface area (Å²) in [7, 11) is 0. The van der Waals surface area contributed by atoms with Crippen molar-refractivity contribution in [1.29, 1.82) is 0 Å². The first-order valence-electron chi connectivity index (χ1n) is 7.14. The Bertz CT molecular complexity index is 203. The summed E-state index contributed by atoms with van der Waals surface area (Å²) in [6.45, 7) is 3.84. The minimum Gasteiger partial charge on any atom is -0.396 e. The Labute approximate surface area is 99.8 Å². The zero-order chi connectivity index (χ0) is 11.4. The first-order chi connectivity index (χ1) is 7.79. The Morgan fingerprint density at radius 1 is 1.12 bits per heavy atom. The molecule has 94 valence electrons. The van der Waals surface area contributed by atoms with Gasteiger partial charge in [0.05, 0.1) is 0 Å². The van der Waals surface area contributed by atoms with Crippen LogP contribution >= 0.6 is 0 Å². The minimum atomic E-state index is 0.392. The van der Waals surface area contributed by atoms with E-state index in [1.165, 1.54) is 44.9 Å². The largest absolute Gasteiger partial charge is 0.396 e. The second-order valence-electron chi connectivity index (χ2n) is 5.98. The highest BCUT2D eigenvalue weighted by molar-refractivity contribution is 4.81. The van der Waals surface area contributed by atoms with Crippen molar-refractivity contribution in [3.63, 3.8) is 0 Å². The number of hydrogen-bond acceptors (Lipinski definition) is 2. The van der Waals surface area contributed by atoms with Crippen molar-refractivity contribution >= 4 is 0 Å². The fourth-order valence-corrected chi connectivity index (χ4v) is 3.29. The van der Waals surface area contributed by atoms with Crippen molar-refractivity contribution in [3.05, 3.63) is 0 Å². The van der Waals surface area contributed by atoms with E-state index in [-0.39, 0.29) is 0 Å². The van der Waals surface area contributed by atoms with Gasteiger partial charge < -0.3 is 10.4 Å². The van der Waals surface area contributed by atoms with Gasteiger partial charge in [-0.25, -0.2) is 0 Å². The summed E-state index contributed by atoms with van der Waals surface area (Å²) < 4.78 is 0. The van der Waals surface area contributed by atoms with Gasteiger partial charge >= 0.3 is 0 Å². The molecule has 0 amide bonds. The molecule has 2 heteroatoms. The van der Waals surface area contributed by atoms with Gasteiger partial charge in [0, 0.05) is 12.6 Å². The van der Waals surface area contributed by atoms with Crippen LogP contribution in [-0.4, -0.2) is 24.3 Å². The molecule has 3 atom stereocenters. The van der Waals surface area contributed by atoms with Gasteiger partial charge in [-0.3, -0.25) is 0 Å². The van der Waals surface area contributed by atoms with Crippen LogP contribution in [0.2, 0.25) is 0 Å². The zero-order valence-corrected chi connectivity index (χ0v) is 10.6. The van der Waals surface area contributed by atoms with Gasteiger partial charge in [-0.2, -0.15) is 0 Å². The maximum atomic E-state index is 9.27. The van der Waals surface area contributed by atoms with Gasteiger partial charge in [0.2, 0.25) is 0 Å². The molecule has 0 aromatic heterocycles. The molecular weight excluding hydrogens is 198 g/mol. The summed E-state index contributed by atoms with van der Waals surface area (Å²) in [6, 6.07) is 0.672. The normalized spacial score (nSPS) is 32.6. The van der Waals surface area contributed by atoms with Crippen LogP contribution in [-0.2, 0) is 0 Å². The molecule has 2 fully saturated rings. The van der Waals surface area contributed by atoms with E-state index in [0.29, 0.717) is 18.6 Å². The van der Waals surface area contributed by atoms with Crippen LogP contribution in [0.25, 0.3) is 0 Å². The Morgan fingerprint density at radius 3 is 2.44 bits per heavy atom. The highest BCUT2D eigenvalue weighted by atomic mass is 16.3. The Morgan fingerprint density at radius 2 is 1.81 bits per heavy atom. The first kappa shape index (κ1) is 12.4. The molecule has 0 heterocycles. The molecule has 0 radical (unpaired) electrons. The molecule has 2 aliphatic carbocycles. The molecule has 0 bridgehead atoms. The third kappa shape index (κ3) is 3.21. The predicted molar refractivity (Wildman–Crippen MR) is 67.3 cm³/mol. The number of hydrogen-bond donors (Lipinski definition) is 2. The molecule has 2 rings (SSSR count). The summed E-state index contributed by atoms with van der Waals surface area (Å²) >= 11 is 0. The first-order valence-corrected chi connectivity index (χ1v) is 7.14. The van der Waals surface area contributed by atoms with E-state index in [0.717, 1.165) is 18.4 Å². The van der Waals surface area contributed by atoms with Crippen LogP contribution in [0.1, 0.15) is 51.9 Å². The average Bonchev–Trinajstić information content (AvgIpc) is 2.68. The smallest absolute Gasteiger partial charge is 0.0462 e. The van der Waals surface area contributed by atoms with Crippen LogP contribution in [0.3, 0.4) is 0 Å². The number of aliphatic hydroxyl groups excluding tert-OH is 1. The quantitative estimate of drug-likeness (QED) is 0.728. The topological polar surface area (TPSA) is 32.3 Å². The van der Waals surface area contributed by atoms with Gasteiger partial charge in [0.25, 0.3) is 0 Å². The predicted octanol–water partition coefficient (Wildman–Crippen LogP) is 2.56. The molecule has 0 aliphatic heterocycles. The standard InChI is InChI=1S/C14H27NO/c1-11(8-12-4-2-5-12)15-9-13-6-3-7-14(13)10-16/h11-16H,2-10H2,1H3. The Balaban J connectivity index is 1.61. The summed E-state index contributed by atoms with van der Waals surface area (Å²) in [5.41, 5.74) is 0. The van der Waals surface area contributed by atoms with Crippen molar-refractivity contribution in [2.45, 2.75) is 57.9 Å². The fraction of sp³-hybridized carbons (Fsp3) is 1.00. The molecule has 2 aliphatic rings. The van der Waals surface area contributed by atoms with Gasteiger partial charge in [-0.1, -0.05) is 25.7 Å². The maximum Gasteiger partial charge on any atom is 0.0462 e. The molecule has 0 aromatic rings. The Hall–Kier alpha value is -0.0800. The molecule has 0 aromatic carbocycles. The SMILES string of the molecule is CC(CC1CCC1)NCC1CCCC1CO. The van der Waals surface area contributed by atoms with Gasteiger partial charge in [-0.05, 0) is 50.5 Å².